The average molecular weight is 570 g/mol. The molecule has 1 N–H and O–H groups in total. The topological polar surface area (TPSA) is 129 Å². The Hall–Kier alpha value is -5.36. The summed E-state index contributed by atoms with van der Waals surface area (Å²) < 4.78 is 12.9. The highest BCUT2D eigenvalue weighted by molar-refractivity contribution is 7.80. The Morgan fingerprint density at radius 1 is 0.976 bits per heavy atom. The highest BCUT2D eigenvalue weighted by Crippen LogP contribution is 2.28. The molecule has 0 unspecified atom stereocenters. The van der Waals surface area contributed by atoms with Crippen molar-refractivity contribution in [2.45, 2.75) is 13.8 Å². The molecule has 1 saturated heterocycles. The van der Waals surface area contributed by atoms with E-state index in [2.05, 4.69) is 10.3 Å². The van der Waals surface area contributed by atoms with Crippen molar-refractivity contribution in [1.29, 1.82) is 0 Å². The zero-order valence-corrected chi connectivity index (χ0v) is 23.0. The van der Waals surface area contributed by atoms with E-state index in [1.54, 1.807) is 49.6 Å². The van der Waals surface area contributed by atoms with E-state index < -0.39 is 16.7 Å². The predicted molar refractivity (Wildman–Crippen MR) is 155 cm³/mol. The van der Waals surface area contributed by atoms with E-state index in [-0.39, 0.29) is 22.3 Å². The summed E-state index contributed by atoms with van der Waals surface area (Å²) in [6.07, 6.45) is 2.69. The minimum absolute atomic E-state index is 0.000904. The Balaban J connectivity index is 1.40. The van der Waals surface area contributed by atoms with Crippen LogP contribution < -0.4 is 19.7 Å². The van der Waals surface area contributed by atoms with Crippen molar-refractivity contribution in [2.75, 3.05) is 12.0 Å². The Bertz CT molecular complexity index is 1710. The summed E-state index contributed by atoms with van der Waals surface area (Å²) in [6, 6.07) is 18.6. The van der Waals surface area contributed by atoms with Gasteiger partial charge in [-0.05, 0) is 92.3 Å². The largest absolute Gasteiger partial charge is 0.497 e. The number of aryl methyl sites for hydroxylation is 1. The summed E-state index contributed by atoms with van der Waals surface area (Å²) in [5.74, 6) is 0.244. The highest BCUT2D eigenvalue weighted by Gasteiger charge is 2.34. The molecule has 206 valence electrons. The van der Waals surface area contributed by atoms with Crippen LogP contribution in [-0.4, -0.2) is 38.5 Å². The first-order chi connectivity index (χ1) is 19.7. The Morgan fingerprint density at radius 3 is 2.24 bits per heavy atom. The third-order valence-corrected chi connectivity index (χ3v) is 6.74. The Kier molecular flexibility index (Phi) is 7.32. The van der Waals surface area contributed by atoms with Gasteiger partial charge in [0.2, 0.25) is 5.88 Å². The second-order valence-electron chi connectivity index (χ2n) is 9.03. The summed E-state index contributed by atoms with van der Waals surface area (Å²) >= 11 is 5.29. The van der Waals surface area contributed by atoms with Crippen LogP contribution in [-0.2, 0) is 9.59 Å². The number of methoxy groups -OCH3 is 1. The van der Waals surface area contributed by atoms with Crippen LogP contribution in [0.25, 0.3) is 11.8 Å². The van der Waals surface area contributed by atoms with Gasteiger partial charge in [0, 0.05) is 29.2 Å². The van der Waals surface area contributed by atoms with Gasteiger partial charge in [0.1, 0.15) is 23.3 Å². The van der Waals surface area contributed by atoms with Gasteiger partial charge in [-0.25, -0.2) is 4.98 Å². The SMILES string of the molecule is COc1ccc(N2C(=O)/C(=C\c3cc(C)n(-c4ccc(Oc5ccc([N+](=O)[O-])cn5)cc4)c3C)C(=O)NC2=S)cc1. The fourth-order valence-electron chi connectivity index (χ4n) is 4.43. The van der Waals surface area contributed by atoms with Gasteiger partial charge >= 0.3 is 0 Å². The van der Waals surface area contributed by atoms with Gasteiger partial charge in [-0.2, -0.15) is 0 Å². The molecule has 2 aromatic heterocycles. The molecular formula is C29H23N5O6S. The minimum atomic E-state index is -0.573. The molecule has 0 aliphatic carbocycles. The number of benzene rings is 2. The zero-order valence-electron chi connectivity index (χ0n) is 22.2. The van der Waals surface area contributed by atoms with Gasteiger partial charge in [-0.1, -0.05) is 0 Å². The number of anilines is 1. The van der Waals surface area contributed by atoms with E-state index in [4.69, 9.17) is 21.7 Å². The number of hydrogen-bond acceptors (Lipinski definition) is 8. The van der Waals surface area contributed by atoms with Crippen LogP contribution in [0.4, 0.5) is 11.4 Å². The molecule has 0 spiro atoms. The average Bonchev–Trinajstić information content (AvgIpc) is 3.24. The summed E-state index contributed by atoms with van der Waals surface area (Å²) in [5.41, 5.74) is 3.54. The lowest BCUT2D eigenvalue weighted by atomic mass is 10.1. The number of ether oxygens (including phenoxy) is 2. The van der Waals surface area contributed by atoms with Crippen LogP contribution in [0.1, 0.15) is 17.0 Å². The molecule has 2 aromatic carbocycles. The van der Waals surface area contributed by atoms with Gasteiger partial charge in [-0.15, -0.1) is 0 Å². The zero-order chi connectivity index (χ0) is 29.3. The lowest BCUT2D eigenvalue weighted by Gasteiger charge is -2.29. The van der Waals surface area contributed by atoms with Crippen LogP contribution in [0.3, 0.4) is 0 Å². The van der Waals surface area contributed by atoms with Gasteiger partial charge in [0.25, 0.3) is 17.5 Å². The van der Waals surface area contributed by atoms with Crippen LogP contribution in [0.5, 0.6) is 17.4 Å². The summed E-state index contributed by atoms with van der Waals surface area (Å²) in [6.45, 7) is 3.81. The molecule has 0 bridgehead atoms. The molecule has 11 nitrogen and oxygen atoms in total. The monoisotopic (exact) mass is 569 g/mol. The Morgan fingerprint density at radius 2 is 1.63 bits per heavy atom. The van der Waals surface area contributed by atoms with Crippen molar-refractivity contribution in [3.8, 4) is 23.1 Å². The quantitative estimate of drug-likeness (QED) is 0.108. The number of carbonyl (C=O) groups is 2. The molecule has 0 atom stereocenters. The number of nitrogens with one attached hydrogen (secondary N) is 1. The normalized spacial score (nSPS) is 14.3. The van der Waals surface area contributed by atoms with E-state index in [0.29, 0.717) is 22.7 Å². The smallest absolute Gasteiger partial charge is 0.287 e. The lowest BCUT2D eigenvalue weighted by Crippen LogP contribution is -2.54. The first kappa shape index (κ1) is 27.2. The summed E-state index contributed by atoms with van der Waals surface area (Å²) in [5, 5.41) is 13.4. The van der Waals surface area contributed by atoms with Crippen LogP contribution >= 0.6 is 12.2 Å². The van der Waals surface area contributed by atoms with Gasteiger partial charge in [-0.3, -0.25) is 29.9 Å². The molecule has 3 heterocycles. The van der Waals surface area contributed by atoms with Crippen molar-refractivity contribution < 1.29 is 24.0 Å². The molecular weight excluding hydrogens is 546 g/mol. The fourth-order valence-corrected chi connectivity index (χ4v) is 4.72. The number of hydrogen-bond donors (Lipinski definition) is 1. The van der Waals surface area contributed by atoms with Gasteiger partial charge in [0.05, 0.1) is 17.7 Å². The fraction of sp³-hybridized carbons (Fsp3) is 0.103. The number of amides is 2. The van der Waals surface area contributed by atoms with Crippen LogP contribution in [0.15, 0.2) is 78.5 Å². The van der Waals surface area contributed by atoms with Gasteiger partial charge < -0.3 is 14.0 Å². The second-order valence-corrected chi connectivity index (χ2v) is 9.41. The highest BCUT2D eigenvalue weighted by atomic mass is 32.1. The van der Waals surface area contributed by atoms with E-state index in [0.717, 1.165) is 23.3 Å². The first-order valence-corrected chi connectivity index (χ1v) is 12.7. The molecule has 4 aromatic rings. The molecule has 12 heteroatoms. The third-order valence-electron chi connectivity index (χ3n) is 6.45. The number of rotatable bonds is 7. The van der Waals surface area contributed by atoms with Crippen molar-refractivity contribution in [3.05, 3.63) is 106 Å². The maximum Gasteiger partial charge on any atom is 0.287 e. The number of pyridine rings is 1. The van der Waals surface area contributed by atoms with E-state index in [1.165, 1.54) is 17.0 Å². The van der Waals surface area contributed by atoms with E-state index >= 15 is 0 Å². The third kappa shape index (κ3) is 5.40. The number of carbonyl (C=O) groups excluding carboxylic acids is 2. The standard InChI is InChI=1S/C29H23N5O6S/c1-17-14-19(15-25-27(35)31-29(41)33(28(25)36)21-4-9-23(39-3)10-5-21)18(2)32(17)20-6-11-24(12-7-20)40-26-13-8-22(16-30-26)34(37)38/h4-16H,1-3H3,(H,31,35,41)/b25-15-. The number of thiocarbonyl (C=S) groups is 1. The van der Waals surface area contributed by atoms with Gasteiger partial charge in [0.15, 0.2) is 5.11 Å². The molecule has 2 amide bonds. The number of nitrogens with zero attached hydrogens (tertiary/aromatic N) is 4. The van der Waals surface area contributed by atoms with Crippen molar-refractivity contribution >= 4 is 46.6 Å². The Labute approximate surface area is 239 Å². The van der Waals surface area contributed by atoms with E-state index in [1.807, 2.05) is 36.6 Å². The molecule has 1 aliphatic rings. The maximum atomic E-state index is 13.4. The summed E-state index contributed by atoms with van der Waals surface area (Å²) in [4.78, 5) is 41.8. The van der Waals surface area contributed by atoms with E-state index in [9.17, 15) is 19.7 Å². The molecule has 1 fully saturated rings. The predicted octanol–water partition coefficient (Wildman–Crippen LogP) is 5.03. The van der Waals surface area contributed by atoms with Crippen molar-refractivity contribution in [3.63, 3.8) is 0 Å². The summed E-state index contributed by atoms with van der Waals surface area (Å²) in [7, 11) is 1.55. The molecule has 0 radical (unpaired) electrons. The maximum absolute atomic E-state index is 13.4. The number of nitro groups is 1. The van der Waals surface area contributed by atoms with Crippen LogP contribution in [0, 0.1) is 24.0 Å². The minimum Gasteiger partial charge on any atom is -0.497 e. The molecule has 0 saturated carbocycles. The second kappa shape index (κ2) is 11.0. The lowest BCUT2D eigenvalue weighted by molar-refractivity contribution is -0.385. The molecule has 5 rings (SSSR count). The van der Waals surface area contributed by atoms with Crippen LogP contribution in [0.2, 0.25) is 0 Å². The molecule has 1 aliphatic heterocycles. The number of aromatic nitrogens is 2. The first-order valence-electron chi connectivity index (χ1n) is 12.3. The van der Waals surface area contributed by atoms with Crippen molar-refractivity contribution in [1.82, 2.24) is 14.9 Å². The molecule has 41 heavy (non-hydrogen) atoms. The van der Waals surface area contributed by atoms with Crippen molar-refractivity contribution in [2.24, 2.45) is 0 Å².